The van der Waals surface area contributed by atoms with E-state index in [9.17, 15) is 14.4 Å². The number of hydrogen-bond donors (Lipinski definition) is 2. The number of amides is 2. The summed E-state index contributed by atoms with van der Waals surface area (Å²) in [6.45, 7) is 4.07. The van der Waals surface area contributed by atoms with Crippen molar-refractivity contribution in [2.45, 2.75) is 26.3 Å². The molecule has 35 heavy (non-hydrogen) atoms. The molecular formula is C26H27N3O5S. The number of thiazole rings is 1. The fourth-order valence-corrected chi connectivity index (χ4v) is 4.98. The van der Waals surface area contributed by atoms with Gasteiger partial charge in [0.15, 0.2) is 0 Å². The second-order valence-corrected chi connectivity index (χ2v) is 9.72. The third kappa shape index (κ3) is 5.68. The highest BCUT2D eigenvalue weighted by Crippen LogP contribution is 2.44. The maximum Gasteiger partial charge on any atom is 0.407 e. The summed E-state index contributed by atoms with van der Waals surface area (Å²) < 4.78 is 5.53. The van der Waals surface area contributed by atoms with Crippen LogP contribution in [0.2, 0.25) is 0 Å². The molecule has 1 aliphatic carbocycles. The number of fused-ring (bicyclic) bond motifs is 3. The Morgan fingerprint density at radius 2 is 1.71 bits per heavy atom. The molecule has 1 aliphatic rings. The Morgan fingerprint density at radius 3 is 2.31 bits per heavy atom. The third-order valence-corrected chi connectivity index (χ3v) is 6.55. The highest BCUT2D eigenvalue weighted by molar-refractivity contribution is 7.09. The summed E-state index contributed by atoms with van der Waals surface area (Å²) in [4.78, 5) is 41.8. The van der Waals surface area contributed by atoms with Crippen molar-refractivity contribution >= 4 is 29.3 Å². The van der Waals surface area contributed by atoms with E-state index in [1.165, 1.54) is 16.2 Å². The predicted octanol–water partition coefficient (Wildman–Crippen LogP) is 4.36. The summed E-state index contributed by atoms with van der Waals surface area (Å²) in [5.74, 6) is -1.43. The lowest BCUT2D eigenvalue weighted by Crippen LogP contribution is -2.38. The molecule has 0 aliphatic heterocycles. The number of aromatic nitrogens is 1. The molecule has 0 saturated carbocycles. The minimum absolute atomic E-state index is 0.0292. The van der Waals surface area contributed by atoms with Crippen LogP contribution in [0.5, 0.6) is 0 Å². The van der Waals surface area contributed by atoms with Gasteiger partial charge < -0.3 is 20.1 Å². The number of alkyl carbamates (subject to hydrolysis) is 1. The zero-order chi connectivity index (χ0) is 24.9. The Hall–Kier alpha value is -3.72. The molecule has 0 bridgehead atoms. The van der Waals surface area contributed by atoms with E-state index in [0.29, 0.717) is 11.6 Å². The van der Waals surface area contributed by atoms with Crippen molar-refractivity contribution in [1.29, 1.82) is 0 Å². The molecule has 9 heteroatoms. The summed E-state index contributed by atoms with van der Waals surface area (Å²) in [7, 11) is 0. The number of carbonyl (C=O) groups excluding carboxylic acids is 2. The Bertz CT molecular complexity index is 1190. The fraction of sp³-hybridized carbons (Fsp3) is 0.308. The Kier molecular flexibility index (Phi) is 7.45. The number of hydrogen-bond acceptors (Lipinski definition) is 6. The zero-order valence-electron chi connectivity index (χ0n) is 19.6. The lowest BCUT2D eigenvalue weighted by Gasteiger charge is -2.21. The van der Waals surface area contributed by atoms with Gasteiger partial charge in [-0.05, 0) is 28.2 Å². The lowest BCUT2D eigenvalue weighted by atomic mass is 9.98. The Morgan fingerprint density at radius 1 is 1.09 bits per heavy atom. The highest BCUT2D eigenvalue weighted by atomic mass is 32.1. The van der Waals surface area contributed by atoms with Gasteiger partial charge in [-0.1, -0.05) is 62.4 Å². The number of carboxylic acid groups (broad SMARTS) is 1. The van der Waals surface area contributed by atoms with Crippen LogP contribution in [-0.2, 0) is 16.1 Å². The van der Waals surface area contributed by atoms with Crippen LogP contribution in [0.3, 0.4) is 0 Å². The van der Waals surface area contributed by atoms with Crippen LogP contribution in [0.1, 0.15) is 46.4 Å². The van der Waals surface area contributed by atoms with Crippen LogP contribution >= 0.6 is 11.3 Å². The minimum Gasteiger partial charge on any atom is -0.480 e. The van der Waals surface area contributed by atoms with E-state index in [4.69, 9.17) is 9.84 Å². The number of rotatable bonds is 9. The van der Waals surface area contributed by atoms with Gasteiger partial charge in [-0.25, -0.2) is 9.78 Å². The molecule has 1 heterocycles. The van der Waals surface area contributed by atoms with E-state index in [-0.39, 0.29) is 37.2 Å². The van der Waals surface area contributed by atoms with Crippen LogP contribution in [0.15, 0.2) is 53.9 Å². The quantitative estimate of drug-likeness (QED) is 0.458. The van der Waals surface area contributed by atoms with Gasteiger partial charge in [0.2, 0.25) is 0 Å². The topological polar surface area (TPSA) is 109 Å². The molecule has 0 fully saturated rings. The van der Waals surface area contributed by atoms with Crippen molar-refractivity contribution in [2.75, 3.05) is 19.7 Å². The second-order valence-electron chi connectivity index (χ2n) is 8.78. The third-order valence-electron chi connectivity index (χ3n) is 5.70. The average Bonchev–Trinajstić information content (AvgIpc) is 3.43. The van der Waals surface area contributed by atoms with Crippen LogP contribution in [0.25, 0.3) is 11.1 Å². The van der Waals surface area contributed by atoms with Gasteiger partial charge in [-0.2, -0.15) is 0 Å². The second kappa shape index (κ2) is 10.7. The summed E-state index contributed by atoms with van der Waals surface area (Å²) in [5, 5.41) is 13.9. The van der Waals surface area contributed by atoms with E-state index < -0.39 is 18.0 Å². The van der Waals surface area contributed by atoms with Crippen LogP contribution in [-0.4, -0.2) is 52.7 Å². The SMILES string of the molecule is CC(C)CN(CC(=O)O)C(=O)c1csc(CNC(=O)OCC2c3ccccc3-c3ccccc32)n1. The molecule has 0 saturated heterocycles. The van der Waals surface area contributed by atoms with E-state index in [1.807, 2.05) is 38.1 Å². The molecule has 2 aromatic carbocycles. The Labute approximate surface area is 207 Å². The van der Waals surface area contributed by atoms with Crippen molar-refractivity contribution in [3.63, 3.8) is 0 Å². The van der Waals surface area contributed by atoms with Gasteiger partial charge in [-0.15, -0.1) is 11.3 Å². The number of aliphatic carboxylic acids is 1. The van der Waals surface area contributed by atoms with E-state index in [2.05, 4.69) is 34.6 Å². The molecular weight excluding hydrogens is 466 g/mol. The largest absolute Gasteiger partial charge is 0.480 e. The van der Waals surface area contributed by atoms with Crippen molar-refractivity contribution in [3.8, 4) is 11.1 Å². The smallest absolute Gasteiger partial charge is 0.407 e. The maximum absolute atomic E-state index is 12.7. The number of ether oxygens (including phenoxy) is 1. The van der Waals surface area contributed by atoms with Gasteiger partial charge >= 0.3 is 12.1 Å². The summed E-state index contributed by atoms with van der Waals surface area (Å²) in [6.07, 6.45) is -0.567. The number of benzene rings is 2. The molecule has 0 unspecified atom stereocenters. The molecule has 182 valence electrons. The van der Waals surface area contributed by atoms with Crippen molar-refractivity contribution < 1.29 is 24.2 Å². The van der Waals surface area contributed by atoms with Crippen molar-refractivity contribution in [2.24, 2.45) is 5.92 Å². The number of carboxylic acids is 1. The summed E-state index contributed by atoms with van der Waals surface area (Å²) in [6, 6.07) is 16.2. The van der Waals surface area contributed by atoms with E-state index >= 15 is 0 Å². The molecule has 0 atom stereocenters. The van der Waals surface area contributed by atoms with Crippen LogP contribution in [0, 0.1) is 5.92 Å². The summed E-state index contributed by atoms with van der Waals surface area (Å²) >= 11 is 1.22. The fourth-order valence-electron chi connectivity index (χ4n) is 4.27. The lowest BCUT2D eigenvalue weighted by molar-refractivity contribution is -0.137. The standard InChI is InChI=1S/C26H27N3O5S/c1-16(2)12-29(13-24(30)31)25(32)22-15-35-23(28-22)11-27-26(33)34-14-21-19-9-5-3-7-17(19)18-8-4-6-10-20(18)21/h3-10,15-16,21H,11-14H2,1-2H3,(H,27,33)(H,30,31). The van der Waals surface area contributed by atoms with Crippen molar-refractivity contribution in [1.82, 2.24) is 15.2 Å². The number of nitrogens with one attached hydrogen (secondary N) is 1. The van der Waals surface area contributed by atoms with Gasteiger partial charge in [0.05, 0.1) is 6.54 Å². The normalized spacial score (nSPS) is 12.2. The van der Waals surface area contributed by atoms with Gasteiger partial charge in [0.1, 0.15) is 23.9 Å². The molecule has 1 aromatic heterocycles. The van der Waals surface area contributed by atoms with Crippen LogP contribution in [0.4, 0.5) is 4.79 Å². The van der Waals surface area contributed by atoms with Gasteiger partial charge in [-0.3, -0.25) is 9.59 Å². The predicted molar refractivity (Wildman–Crippen MR) is 132 cm³/mol. The number of carbonyl (C=O) groups is 3. The summed E-state index contributed by atoms with van der Waals surface area (Å²) in [5.41, 5.74) is 4.76. The van der Waals surface area contributed by atoms with Crippen molar-refractivity contribution in [3.05, 3.63) is 75.7 Å². The first-order chi connectivity index (χ1) is 16.8. The molecule has 0 radical (unpaired) electrons. The maximum atomic E-state index is 12.7. The Balaban J connectivity index is 1.33. The van der Waals surface area contributed by atoms with E-state index in [1.54, 1.807) is 5.38 Å². The molecule has 4 rings (SSSR count). The molecule has 8 nitrogen and oxygen atoms in total. The van der Waals surface area contributed by atoms with Gasteiger partial charge in [0.25, 0.3) is 5.91 Å². The molecule has 2 N–H and O–H groups in total. The molecule has 3 aromatic rings. The first-order valence-electron chi connectivity index (χ1n) is 11.4. The minimum atomic E-state index is -1.08. The first kappa shape index (κ1) is 24.4. The van der Waals surface area contributed by atoms with E-state index in [0.717, 1.165) is 22.3 Å². The average molecular weight is 494 g/mol. The van der Waals surface area contributed by atoms with Crippen LogP contribution < -0.4 is 5.32 Å². The zero-order valence-corrected chi connectivity index (χ0v) is 20.4. The van der Waals surface area contributed by atoms with Gasteiger partial charge in [0, 0.05) is 17.8 Å². The first-order valence-corrected chi connectivity index (χ1v) is 12.3. The highest BCUT2D eigenvalue weighted by Gasteiger charge is 2.29. The molecule has 2 amide bonds. The number of nitrogens with zero attached hydrogens (tertiary/aromatic N) is 2. The molecule has 0 spiro atoms. The monoisotopic (exact) mass is 493 g/mol.